The highest BCUT2D eigenvalue weighted by Crippen LogP contribution is 2.44. The number of carbonyl (C=O) groups is 6. The Morgan fingerprint density at radius 2 is 0.775 bits per heavy atom. The molecule has 0 spiro atoms. The van der Waals surface area contributed by atoms with E-state index in [1.165, 1.54) is 96.0 Å². The Labute approximate surface area is 801 Å². The maximum atomic E-state index is 14.6. The van der Waals surface area contributed by atoms with Gasteiger partial charge in [-0.05, 0) is 19.3 Å². The molecule has 138 heavy (non-hydrogen) atoms. The zero-order valence-corrected chi connectivity index (χ0v) is 79.3. The lowest BCUT2D eigenvalue weighted by Crippen LogP contribution is -2.73. The lowest BCUT2D eigenvalue weighted by atomic mass is 9.87. The summed E-state index contributed by atoms with van der Waals surface area (Å²) in [5.41, 5.74) is 0. The molecule has 0 radical (unpaired) electrons. The Bertz CT molecular complexity index is 3540. The van der Waals surface area contributed by atoms with Gasteiger partial charge in [0.05, 0.1) is 89.3 Å². The van der Waals surface area contributed by atoms with Crippen LogP contribution in [0.15, 0.2) is 12.2 Å². The number of nitrogens with one attached hydrogen (secondary N) is 4. The summed E-state index contributed by atoms with van der Waals surface area (Å²) in [7, 11) is 0. The van der Waals surface area contributed by atoms with Crippen molar-refractivity contribution in [1.82, 2.24) is 21.3 Å². The van der Waals surface area contributed by atoms with E-state index < -0.39 is 339 Å². The Kier molecular flexibility index (Phi) is 52.4. The molecule has 0 aliphatic carbocycles. The molecule has 7 fully saturated rings. The van der Waals surface area contributed by atoms with Crippen molar-refractivity contribution in [3.8, 4) is 0 Å². The maximum absolute atomic E-state index is 14.6. The number of ether oxygens (including phenoxy) is 14. The highest BCUT2D eigenvalue weighted by Gasteiger charge is 2.65. The molecular formula is C90H158N4O44. The average molecular weight is 2000 g/mol. The SMILES string of the molecule is CCCCCCCCCCCCC/C=C/[C@@H](O)[C@H](CO[C@@H]1OC(CO)[C@@H](O[C@@H]2OC(CO)[C@H](O[C@@H]3OC(CO)[C@H](O)[C@H](O[C@@H]4OC(CO)[C@H](O)[C@H](O[C@H]5OC(CO)[C@H](O)[C@H](O)C5O)C4O)C3NC(C)=O)[C@H](O[C@]3(C(=O)O)CC(O)[C@@H](NC(C)=O)C([C@H](O)[C@@H](CO)O[C@]4(C(=O)O)CC(O)[C@@H](NC(C)=O)C([C@H](O)[C@H](O)CO)O4)O3)C2O)[C@H](O)C1O)NC(=O)CCCCCCCCCCCCCCCCC. The molecule has 39 atom stereocenters. The number of aliphatic hydroxyl groups is 22. The van der Waals surface area contributed by atoms with Crippen LogP contribution in [0.5, 0.6) is 0 Å². The molecule has 14 unspecified atom stereocenters. The Morgan fingerprint density at radius 1 is 0.391 bits per heavy atom. The summed E-state index contributed by atoms with van der Waals surface area (Å²) >= 11 is 0. The van der Waals surface area contributed by atoms with E-state index in [-0.39, 0.29) is 6.42 Å². The standard InChI is InChI=1S/C90H158N4O44/c1-6-8-10-12-14-16-18-20-21-23-25-27-29-31-33-35-60(109)94-49(50(105)34-32-30-28-26-24-22-19-17-15-13-11-9-7-2)45-125-83-72(118)70(116)75(58(43-100)129-83)131-86-74(120)81(138-90(88(123)124)37-52(107)62(92-47(4)103)79(137-90)68(114)57(42-99)135-89(87(121)122)36-51(106)61(91-46(3)102)78(136-89)64(110)53(108)38-95)76(59(44-101)130-86)132-82-63(93-48(5)104)77(66(112)55(40-97)126-82)133-85-73(119)80(67(113)56(41-98)128-85)134-84-71(117)69(115)65(111)54(39-96)127-84/h32,34,49-59,61-86,95-101,105-108,110-120H,6-31,33,35-45H2,1-5H3,(H,91,102)(H,92,103)(H,93,104)(H,94,109)(H,121,122)(H,123,124)/b34-32+/t49-,50+,51?,52?,53+,54?,55?,56?,57+,58?,59?,61+,62+,63?,64+,65-,66-,67-,68+,69-,70+,71?,72?,73?,74?,75+,76-,77+,78?,79?,80-,81+,82-,83+,84+,85-,86-,89+,90-/m0/s1. The minimum atomic E-state index is -3.75. The fourth-order valence-corrected chi connectivity index (χ4v) is 18.4. The van der Waals surface area contributed by atoms with Gasteiger partial charge in [0.2, 0.25) is 23.6 Å². The van der Waals surface area contributed by atoms with Gasteiger partial charge in [-0.15, -0.1) is 0 Å². The number of aliphatic hydroxyl groups excluding tert-OH is 22. The van der Waals surface area contributed by atoms with Crippen LogP contribution in [-0.2, 0) is 95.1 Å². The van der Waals surface area contributed by atoms with E-state index in [1.807, 2.05) is 0 Å². The van der Waals surface area contributed by atoms with Gasteiger partial charge in [-0.25, -0.2) is 9.59 Å². The van der Waals surface area contributed by atoms with Crippen molar-refractivity contribution in [2.75, 3.05) is 52.9 Å². The second-order valence-corrected chi connectivity index (χ2v) is 37.1. The normalized spacial score (nSPS) is 36.6. The highest BCUT2D eigenvalue weighted by molar-refractivity contribution is 5.78. The number of unbranched alkanes of at least 4 members (excludes halogenated alkanes) is 25. The number of hydrogen-bond acceptors (Lipinski definition) is 42. The molecule has 7 saturated heterocycles. The highest BCUT2D eigenvalue weighted by atomic mass is 16.8. The third-order valence-electron chi connectivity index (χ3n) is 26.2. The first-order valence-corrected chi connectivity index (χ1v) is 48.7. The number of carboxylic acids is 2. The number of rotatable bonds is 62. The van der Waals surface area contributed by atoms with Crippen molar-refractivity contribution in [3.05, 3.63) is 12.2 Å². The average Bonchev–Trinajstić information content (AvgIpc) is 1.52. The van der Waals surface area contributed by atoms with Crippen LogP contribution in [0.4, 0.5) is 0 Å². The van der Waals surface area contributed by atoms with Gasteiger partial charge >= 0.3 is 11.9 Å². The summed E-state index contributed by atoms with van der Waals surface area (Å²) in [6.45, 7) is -2.46. The first kappa shape index (κ1) is 120. The number of amides is 4. The summed E-state index contributed by atoms with van der Waals surface area (Å²) in [5.74, 6) is -15.3. The van der Waals surface area contributed by atoms with E-state index in [0.717, 1.165) is 91.4 Å². The molecule has 7 aliphatic heterocycles. The van der Waals surface area contributed by atoms with Gasteiger partial charge in [0, 0.05) is 40.0 Å². The van der Waals surface area contributed by atoms with E-state index in [4.69, 9.17) is 66.3 Å². The van der Waals surface area contributed by atoms with Gasteiger partial charge in [-0.2, -0.15) is 0 Å². The Morgan fingerprint density at radius 3 is 1.25 bits per heavy atom. The third-order valence-corrected chi connectivity index (χ3v) is 26.2. The zero-order valence-electron chi connectivity index (χ0n) is 79.3. The van der Waals surface area contributed by atoms with Gasteiger partial charge in [-0.1, -0.05) is 180 Å². The predicted octanol–water partition coefficient (Wildman–Crippen LogP) is -6.04. The van der Waals surface area contributed by atoms with Crippen molar-refractivity contribution in [2.45, 2.75) is 465 Å². The molecule has 7 heterocycles. The van der Waals surface area contributed by atoms with E-state index in [2.05, 4.69) is 35.1 Å². The number of allylic oxidation sites excluding steroid dienone is 1. The van der Waals surface area contributed by atoms with Crippen LogP contribution in [-0.4, -0.2) is 449 Å². The number of aliphatic carboxylic acids is 2. The number of carboxylic acid groups (broad SMARTS) is 2. The van der Waals surface area contributed by atoms with E-state index in [1.54, 1.807) is 6.08 Å². The lowest BCUT2D eigenvalue weighted by Gasteiger charge is -2.53. The molecule has 0 aromatic rings. The molecule has 7 rings (SSSR count). The monoisotopic (exact) mass is 2000 g/mol. The molecule has 48 heteroatoms. The van der Waals surface area contributed by atoms with Crippen LogP contribution in [0.2, 0.25) is 0 Å². The molecule has 0 saturated carbocycles. The minimum Gasteiger partial charge on any atom is -0.477 e. The van der Waals surface area contributed by atoms with Gasteiger partial charge in [0.25, 0.3) is 11.6 Å². The molecule has 0 aromatic heterocycles. The lowest BCUT2D eigenvalue weighted by molar-refractivity contribution is -0.405. The first-order valence-electron chi connectivity index (χ1n) is 48.7. The summed E-state index contributed by atoms with van der Waals surface area (Å²) in [6, 6.07) is -7.37. The predicted molar refractivity (Wildman–Crippen MR) is 472 cm³/mol. The van der Waals surface area contributed by atoms with Crippen LogP contribution < -0.4 is 21.3 Å². The Hall–Kier alpha value is -4.88. The van der Waals surface area contributed by atoms with E-state index in [9.17, 15) is 151 Å². The molecule has 4 amide bonds. The molecular weight excluding hydrogens is 1840 g/mol. The van der Waals surface area contributed by atoms with E-state index >= 15 is 0 Å². The molecule has 0 bridgehead atoms. The molecule has 7 aliphatic rings. The van der Waals surface area contributed by atoms with E-state index in [0.29, 0.717) is 12.8 Å². The minimum absolute atomic E-state index is 0.0656. The van der Waals surface area contributed by atoms with Gasteiger partial charge < -0.3 is 210 Å². The summed E-state index contributed by atoms with van der Waals surface area (Å²) < 4.78 is 84.1. The Balaban J connectivity index is 1.23. The van der Waals surface area contributed by atoms with Crippen LogP contribution in [0, 0.1) is 0 Å². The number of hydrogen-bond donors (Lipinski definition) is 28. The first-order chi connectivity index (χ1) is 65.8. The van der Waals surface area contributed by atoms with Crippen molar-refractivity contribution >= 4 is 35.6 Å². The molecule has 802 valence electrons. The largest absolute Gasteiger partial charge is 0.477 e. The van der Waals surface area contributed by atoms with Crippen LogP contribution in [0.3, 0.4) is 0 Å². The molecule has 28 N–H and O–H groups in total. The van der Waals surface area contributed by atoms with Crippen molar-refractivity contribution in [2.24, 2.45) is 0 Å². The number of carbonyl (C=O) groups excluding carboxylic acids is 4. The summed E-state index contributed by atoms with van der Waals surface area (Å²) in [6.07, 6.45) is -44.7. The molecule has 48 nitrogen and oxygen atoms in total. The topological polar surface area (TPSA) is 765 Å². The van der Waals surface area contributed by atoms with Crippen LogP contribution >= 0.6 is 0 Å². The second-order valence-electron chi connectivity index (χ2n) is 37.1. The maximum Gasteiger partial charge on any atom is 0.364 e. The van der Waals surface area contributed by atoms with Gasteiger partial charge in [0.15, 0.2) is 31.5 Å². The quantitative estimate of drug-likeness (QED) is 0.0199. The van der Waals surface area contributed by atoms with Crippen LogP contribution in [0.1, 0.15) is 227 Å². The summed E-state index contributed by atoms with van der Waals surface area (Å²) in [4.78, 5) is 81.1. The zero-order chi connectivity index (χ0) is 102. The summed E-state index contributed by atoms with van der Waals surface area (Å²) in [5, 5.41) is 283. The van der Waals surface area contributed by atoms with Crippen molar-refractivity contribution in [3.63, 3.8) is 0 Å². The van der Waals surface area contributed by atoms with Gasteiger partial charge in [-0.3, -0.25) is 19.2 Å². The third kappa shape index (κ3) is 33.8. The van der Waals surface area contributed by atoms with Crippen molar-refractivity contribution in [1.29, 1.82) is 0 Å². The second kappa shape index (κ2) is 60.3. The fourth-order valence-electron chi connectivity index (χ4n) is 18.4. The molecule has 0 aromatic carbocycles. The van der Waals surface area contributed by atoms with Crippen LogP contribution in [0.25, 0.3) is 0 Å². The fraction of sp³-hybridized carbons (Fsp3) is 0.911. The van der Waals surface area contributed by atoms with Crippen molar-refractivity contribution < 1.29 is 218 Å². The smallest absolute Gasteiger partial charge is 0.364 e. The van der Waals surface area contributed by atoms with Gasteiger partial charge in [0.1, 0.15) is 159 Å².